The van der Waals surface area contributed by atoms with E-state index in [0.717, 1.165) is 11.1 Å². The van der Waals surface area contributed by atoms with Gasteiger partial charge >= 0.3 is 6.03 Å². The highest BCUT2D eigenvalue weighted by Gasteiger charge is 2.15. The number of carbonyl (C=O) groups excluding carboxylic acids is 1. The first-order valence-electron chi connectivity index (χ1n) is 9.18. The fraction of sp³-hybridized carbons (Fsp3) is 0. The number of halogens is 2. The number of hydrogen-bond acceptors (Lipinski definition) is 6. The van der Waals surface area contributed by atoms with Gasteiger partial charge in [0.2, 0.25) is 0 Å². The van der Waals surface area contributed by atoms with Crippen LogP contribution in [0.25, 0.3) is 11.5 Å². The van der Waals surface area contributed by atoms with Gasteiger partial charge < -0.3 is 10.5 Å². The summed E-state index contributed by atoms with van der Waals surface area (Å²) in [6, 6.07) is 13.1. The Morgan fingerprint density at radius 2 is 2.03 bits per heavy atom. The first-order valence-corrected chi connectivity index (χ1v) is 9.56. The van der Waals surface area contributed by atoms with Gasteiger partial charge in [0.25, 0.3) is 0 Å². The topological polar surface area (TPSA) is 122 Å². The van der Waals surface area contributed by atoms with Crippen molar-refractivity contribution in [1.82, 2.24) is 20.2 Å². The SMILES string of the molecule is NC(=O)N(/N=C/c1ccccc1Cl)c1ccc(Oc2ccnc(-c3ncn[nH]3)c2)c(F)c1. The summed E-state index contributed by atoms with van der Waals surface area (Å²) in [5.41, 5.74) is 6.57. The van der Waals surface area contributed by atoms with E-state index in [1.807, 2.05) is 0 Å². The second-order valence-corrected chi connectivity index (χ2v) is 6.75. The number of aromatic amines is 1. The normalized spacial score (nSPS) is 10.9. The summed E-state index contributed by atoms with van der Waals surface area (Å²) in [4.78, 5) is 20.0. The molecule has 0 aliphatic rings. The summed E-state index contributed by atoms with van der Waals surface area (Å²) in [6.45, 7) is 0. The number of anilines is 1. The summed E-state index contributed by atoms with van der Waals surface area (Å²) in [5, 5.41) is 11.8. The van der Waals surface area contributed by atoms with Crippen molar-refractivity contribution >= 4 is 29.5 Å². The van der Waals surface area contributed by atoms with E-state index in [0.29, 0.717) is 27.9 Å². The van der Waals surface area contributed by atoms with Crippen molar-refractivity contribution < 1.29 is 13.9 Å². The summed E-state index contributed by atoms with van der Waals surface area (Å²) >= 11 is 6.08. The van der Waals surface area contributed by atoms with Crippen LogP contribution >= 0.6 is 11.6 Å². The summed E-state index contributed by atoms with van der Waals surface area (Å²) < 4.78 is 20.4. The number of ether oxygens (including phenoxy) is 1. The fourth-order valence-corrected chi connectivity index (χ4v) is 2.90. The van der Waals surface area contributed by atoms with Gasteiger partial charge in [0, 0.05) is 28.9 Å². The van der Waals surface area contributed by atoms with E-state index in [1.165, 1.54) is 30.9 Å². The van der Waals surface area contributed by atoms with Crippen molar-refractivity contribution in [3.63, 3.8) is 0 Å². The van der Waals surface area contributed by atoms with E-state index in [2.05, 4.69) is 25.3 Å². The predicted molar refractivity (Wildman–Crippen MR) is 117 cm³/mol. The molecular formula is C21H15ClFN7O2. The molecule has 0 atom stereocenters. The number of hydrogen-bond donors (Lipinski definition) is 2. The molecule has 2 aromatic heterocycles. The van der Waals surface area contributed by atoms with E-state index in [4.69, 9.17) is 22.1 Å². The third-order valence-corrected chi connectivity index (χ3v) is 4.55. The first kappa shape index (κ1) is 20.9. The van der Waals surface area contributed by atoms with Gasteiger partial charge in [-0.1, -0.05) is 29.8 Å². The van der Waals surface area contributed by atoms with E-state index in [9.17, 15) is 9.18 Å². The molecule has 0 saturated carbocycles. The van der Waals surface area contributed by atoms with Gasteiger partial charge in [-0.2, -0.15) is 15.2 Å². The Morgan fingerprint density at radius 1 is 1.19 bits per heavy atom. The zero-order chi connectivity index (χ0) is 22.5. The van der Waals surface area contributed by atoms with Gasteiger partial charge in [-0.25, -0.2) is 14.2 Å². The molecule has 2 amide bonds. The van der Waals surface area contributed by atoms with Crippen LogP contribution in [-0.4, -0.2) is 32.4 Å². The van der Waals surface area contributed by atoms with Crippen molar-refractivity contribution in [2.75, 3.05) is 5.01 Å². The summed E-state index contributed by atoms with van der Waals surface area (Å²) in [6.07, 6.45) is 4.21. The molecule has 3 N–H and O–H groups in total. The standard InChI is InChI=1S/C21H15ClFN7O2/c22-16-4-2-1-3-13(16)11-28-30(21(24)31)14-5-6-19(17(23)9-14)32-15-7-8-25-18(10-15)20-26-12-27-29-20/h1-12H,(H2,24,31)(H,26,27,29)/b28-11+. The maximum atomic E-state index is 14.7. The van der Waals surface area contributed by atoms with Crippen molar-refractivity contribution in [3.8, 4) is 23.0 Å². The number of aromatic nitrogens is 4. The number of benzene rings is 2. The summed E-state index contributed by atoms with van der Waals surface area (Å²) in [7, 11) is 0. The molecule has 160 valence electrons. The Bertz CT molecular complexity index is 1280. The van der Waals surface area contributed by atoms with Crippen LogP contribution in [0, 0.1) is 5.82 Å². The molecule has 2 aromatic carbocycles. The third kappa shape index (κ3) is 4.71. The quantitative estimate of drug-likeness (QED) is 0.333. The monoisotopic (exact) mass is 451 g/mol. The Kier molecular flexibility index (Phi) is 6.04. The highest BCUT2D eigenvalue weighted by molar-refractivity contribution is 6.33. The van der Waals surface area contributed by atoms with Crippen LogP contribution < -0.4 is 15.5 Å². The van der Waals surface area contributed by atoms with E-state index >= 15 is 0 Å². The minimum absolute atomic E-state index is 0.0667. The maximum absolute atomic E-state index is 14.7. The number of primary amides is 1. The molecule has 4 rings (SSSR count). The minimum Gasteiger partial charge on any atom is -0.454 e. The van der Waals surface area contributed by atoms with E-state index in [-0.39, 0.29) is 11.4 Å². The van der Waals surface area contributed by atoms with Gasteiger partial charge in [-0.05, 0) is 24.3 Å². The zero-order valence-corrected chi connectivity index (χ0v) is 17.1. The second-order valence-electron chi connectivity index (χ2n) is 6.34. The van der Waals surface area contributed by atoms with E-state index in [1.54, 1.807) is 36.4 Å². The lowest BCUT2D eigenvalue weighted by atomic mass is 10.2. The van der Waals surface area contributed by atoms with Crippen molar-refractivity contribution in [3.05, 3.63) is 83.5 Å². The van der Waals surface area contributed by atoms with Crippen LogP contribution in [-0.2, 0) is 0 Å². The highest BCUT2D eigenvalue weighted by Crippen LogP contribution is 2.29. The Labute approximate surface area is 186 Å². The largest absolute Gasteiger partial charge is 0.454 e. The Balaban J connectivity index is 1.56. The number of nitrogens with zero attached hydrogens (tertiary/aromatic N) is 5. The van der Waals surface area contributed by atoms with Gasteiger partial charge in [0.15, 0.2) is 17.4 Å². The number of nitrogens with one attached hydrogen (secondary N) is 1. The molecule has 32 heavy (non-hydrogen) atoms. The lowest BCUT2D eigenvalue weighted by Gasteiger charge is -2.15. The third-order valence-electron chi connectivity index (χ3n) is 4.20. The van der Waals surface area contributed by atoms with Crippen molar-refractivity contribution in [2.45, 2.75) is 0 Å². The number of H-pyrrole nitrogens is 1. The van der Waals surface area contributed by atoms with Crippen molar-refractivity contribution in [2.24, 2.45) is 10.8 Å². The minimum atomic E-state index is -0.896. The molecule has 2 heterocycles. The maximum Gasteiger partial charge on any atom is 0.340 e. The highest BCUT2D eigenvalue weighted by atomic mass is 35.5. The molecule has 0 aliphatic carbocycles. The van der Waals surface area contributed by atoms with Gasteiger partial charge in [-0.15, -0.1) is 0 Å². The molecule has 0 unspecified atom stereocenters. The number of urea groups is 1. The van der Waals surface area contributed by atoms with Crippen LogP contribution in [0.4, 0.5) is 14.9 Å². The molecule has 4 aromatic rings. The molecule has 11 heteroatoms. The molecule has 0 radical (unpaired) electrons. The molecule has 0 aliphatic heterocycles. The lowest BCUT2D eigenvalue weighted by Crippen LogP contribution is -2.31. The van der Waals surface area contributed by atoms with Crippen LogP contribution in [0.2, 0.25) is 5.02 Å². The predicted octanol–water partition coefficient (Wildman–Crippen LogP) is 4.37. The zero-order valence-electron chi connectivity index (χ0n) is 16.3. The molecule has 9 nitrogen and oxygen atoms in total. The van der Waals surface area contributed by atoms with Gasteiger partial charge in [-0.3, -0.25) is 10.1 Å². The molecular weight excluding hydrogens is 437 g/mol. The fourth-order valence-electron chi connectivity index (χ4n) is 2.71. The number of hydrazone groups is 1. The number of rotatable bonds is 6. The second kappa shape index (κ2) is 9.23. The van der Waals surface area contributed by atoms with Crippen LogP contribution in [0.5, 0.6) is 11.5 Å². The number of pyridine rings is 1. The average Bonchev–Trinajstić information content (AvgIpc) is 3.32. The van der Waals surface area contributed by atoms with Crippen LogP contribution in [0.3, 0.4) is 0 Å². The molecule has 0 spiro atoms. The number of amides is 2. The first-order chi connectivity index (χ1) is 15.5. The smallest absolute Gasteiger partial charge is 0.340 e. The molecule has 0 saturated heterocycles. The molecule has 0 fully saturated rings. The number of carbonyl (C=O) groups is 1. The Hall–Kier alpha value is -4.31. The van der Waals surface area contributed by atoms with E-state index < -0.39 is 11.8 Å². The summed E-state index contributed by atoms with van der Waals surface area (Å²) in [5.74, 6) is -0.0102. The Morgan fingerprint density at radius 3 is 2.75 bits per heavy atom. The van der Waals surface area contributed by atoms with Gasteiger partial charge in [0.1, 0.15) is 17.8 Å². The lowest BCUT2D eigenvalue weighted by molar-refractivity contribution is 0.254. The average molecular weight is 452 g/mol. The van der Waals surface area contributed by atoms with Crippen LogP contribution in [0.1, 0.15) is 5.56 Å². The van der Waals surface area contributed by atoms with Crippen LogP contribution in [0.15, 0.2) is 72.2 Å². The van der Waals surface area contributed by atoms with Gasteiger partial charge in [0.05, 0.1) is 11.9 Å². The molecule has 0 bridgehead atoms. The number of nitrogens with two attached hydrogens (primary N) is 1. The van der Waals surface area contributed by atoms with Crippen molar-refractivity contribution in [1.29, 1.82) is 0 Å².